The smallest absolute Gasteiger partial charge is 0.335 e. The summed E-state index contributed by atoms with van der Waals surface area (Å²) in [6.45, 7) is 0. The number of carboxylic acid groups (broad SMARTS) is 1. The Morgan fingerprint density at radius 3 is 2.70 bits per heavy atom. The average molecular weight is 326 g/mol. The number of rotatable bonds is 2. The minimum absolute atomic E-state index is 0.173. The maximum atomic E-state index is 11.0. The van der Waals surface area contributed by atoms with Gasteiger partial charge in [0.1, 0.15) is 0 Å². The van der Waals surface area contributed by atoms with Gasteiger partial charge in [0.05, 0.1) is 11.6 Å². The van der Waals surface area contributed by atoms with Crippen molar-refractivity contribution in [1.82, 2.24) is 0 Å². The Kier molecular flexibility index (Phi) is 3.38. The quantitative estimate of drug-likeness (QED) is 0.775. The molecule has 1 aliphatic heterocycles. The lowest BCUT2D eigenvalue weighted by atomic mass is 9.77. The molecule has 0 radical (unpaired) electrons. The molecule has 3 nitrogen and oxygen atoms in total. The molecule has 0 bridgehead atoms. The molecule has 0 amide bonds. The third-order valence-corrected chi connectivity index (χ3v) is 5.08. The zero-order chi connectivity index (χ0) is 16.0. The zero-order valence-electron chi connectivity index (χ0n) is 12.4. The van der Waals surface area contributed by atoms with Crippen molar-refractivity contribution >= 4 is 23.3 Å². The minimum atomic E-state index is -0.895. The van der Waals surface area contributed by atoms with E-state index in [1.165, 1.54) is 5.56 Å². The highest BCUT2D eigenvalue weighted by molar-refractivity contribution is 6.30. The standard InChI is InChI=1S/C19H16ClNO2/c20-13-8-9-17-16(10-13)14-2-1-3-15(14)18(21-17)11-4-6-12(7-5-11)19(22)23/h1-2,4-10,14-15,18,21H,3H2,(H,22,23). The largest absolute Gasteiger partial charge is 0.478 e. The highest BCUT2D eigenvalue weighted by Crippen LogP contribution is 2.50. The molecular weight excluding hydrogens is 310 g/mol. The van der Waals surface area contributed by atoms with Gasteiger partial charge in [0.2, 0.25) is 0 Å². The first-order valence-corrected chi connectivity index (χ1v) is 8.07. The van der Waals surface area contributed by atoms with Crippen LogP contribution < -0.4 is 5.32 Å². The van der Waals surface area contributed by atoms with E-state index in [4.69, 9.17) is 16.7 Å². The lowest BCUT2D eigenvalue weighted by Gasteiger charge is -2.37. The molecule has 0 saturated carbocycles. The Hall–Kier alpha value is -2.26. The molecule has 4 heteroatoms. The zero-order valence-corrected chi connectivity index (χ0v) is 13.1. The maximum Gasteiger partial charge on any atom is 0.335 e. The monoisotopic (exact) mass is 325 g/mol. The molecule has 3 atom stereocenters. The SMILES string of the molecule is O=C(O)c1ccc(C2Nc3ccc(Cl)cc3C3C=CCC32)cc1. The van der Waals surface area contributed by atoms with Crippen LogP contribution in [0.25, 0.3) is 0 Å². The second-order valence-electron chi connectivity index (χ2n) is 6.13. The number of hydrogen-bond acceptors (Lipinski definition) is 2. The van der Waals surface area contributed by atoms with Gasteiger partial charge < -0.3 is 10.4 Å². The second kappa shape index (κ2) is 5.43. The number of nitrogens with one attached hydrogen (secondary N) is 1. The summed E-state index contributed by atoms with van der Waals surface area (Å²) in [4.78, 5) is 11.0. The van der Waals surface area contributed by atoms with Crippen LogP contribution in [0.2, 0.25) is 5.02 Å². The fourth-order valence-electron chi connectivity index (χ4n) is 3.73. The van der Waals surface area contributed by atoms with Gasteiger partial charge >= 0.3 is 5.97 Å². The summed E-state index contributed by atoms with van der Waals surface area (Å²) < 4.78 is 0. The lowest BCUT2D eigenvalue weighted by molar-refractivity contribution is 0.0697. The maximum absolute atomic E-state index is 11.0. The van der Waals surface area contributed by atoms with E-state index in [9.17, 15) is 4.79 Å². The summed E-state index contributed by atoms with van der Waals surface area (Å²) in [7, 11) is 0. The first-order valence-electron chi connectivity index (χ1n) is 7.69. The van der Waals surface area contributed by atoms with Crippen LogP contribution in [0.5, 0.6) is 0 Å². The Morgan fingerprint density at radius 1 is 1.17 bits per heavy atom. The van der Waals surface area contributed by atoms with Crippen LogP contribution in [-0.4, -0.2) is 11.1 Å². The van der Waals surface area contributed by atoms with Gasteiger partial charge in [-0.15, -0.1) is 0 Å². The summed E-state index contributed by atoms with van der Waals surface area (Å²) in [5.74, 6) is -0.112. The number of hydrogen-bond donors (Lipinski definition) is 2. The van der Waals surface area contributed by atoms with Gasteiger partial charge in [-0.05, 0) is 53.8 Å². The number of allylic oxidation sites excluding steroid dienone is 2. The van der Waals surface area contributed by atoms with E-state index in [-0.39, 0.29) is 6.04 Å². The van der Waals surface area contributed by atoms with E-state index >= 15 is 0 Å². The molecule has 4 rings (SSSR count). The van der Waals surface area contributed by atoms with Gasteiger partial charge in [0, 0.05) is 16.6 Å². The number of anilines is 1. The fraction of sp³-hybridized carbons (Fsp3) is 0.211. The summed E-state index contributed by atoms with van der Waals surface area (Å²) >= 11 is 6.16. The van der Waals surface area contributed by atoms with Crippen LogP contribution in [0, 0.1) is 5.92 Å². The van der Waals surface area contributed by atoms with E-state index in [0.29, 0.717) is 17.4 Å². The molecule has 3 unspecified atom stereocenters. The van der Waals surface area contributed by atoms with E-state index < -0.39 is 5.97 Å². The fourth-order valence-corrected chi connectivity index (χ4v) is 3.91. The molecule has 2 aromatic carbocycles. The summed E-state index contributed by atoms with van der Waals surface area (Å²) in [5, 5.41) is 13.4. The van der Waals surface area contributed by atoms with Gasteiger partial charge in [0.15, 0.2) is 0 Å². The number of fused-ring (bicyclic) bond motifs is 3. The normalized spacial score (nSPS) is 24.7. The molecule has 23 heavy (non-hydrogen) atoms. The van der Waals surface area contributed by atoms with E-state index in [2.05, 4.69) is 17.5 Å². The van der Waals surface area contributed by atoms with Crippen molar-refractivity contribution in [3.05, 3.63) is 76.3 Å². The van der Waals surface area contributed by atoms with Crippen molar-refractivity contribution in [2.45, 2.75) is 18.4 Å². The summed E-state index contributed by atoms with van der Waals surface area (Å²) in [6, 6.07) is 13.3. The molecule has 2 aliphatic rings. The second-order valence-corrected chi connectivity index (χ2v) is 6.57. The van der Waals surface area contributed by atoms with Crippen molar-refractivity contribution in [2.75, 3.05) is 5.32 Å². The van der Waals surface area contributed by atoms with Gasteiger partial charge in [-0.25, -0.2) is 4.79 Å². The van der Waals surface area contributed by atoms with Crippen LogP contribution in [0.4, 0.5) is 5.69 Å². The lowest BCUT2D eigenvalue weighted by Crippen LogP contribution is -2.29. The van der Waals surface area contributed by atoms with Crippen molar-refractivity contribution in [3.63, 3.8) is 0 Å². The number of aromatic carboxylic acids is 1. The number of halogens is 1. The van der Waals surface area contributed by atoms with Crippen molar-refractivity contribution in [1.29, 1.82) is 0 Å². The van der Waals surface area contributed by atoms with Crippen LogP contribution >= 0.6 is 11.6 Å². The van der Waals surface area contributed by atoms with Gasteiger partial charge in [-0.3, -0.25) is 0 Å². The summed E-state index contributed by atoms with van der Waals surface area (Å²) in [5.41, 5.74) is 3.79. The van der Waals surface area contributed by atoms with Crippen LogP contribution in [-0.2, 0) is 0 Å². The molecule has 116 valence electrons. The number of carbonyl (C=O) groups is 1. The minimum Gasteiger partial charge on any atom is -0.478 e. The Labute approximate surface area is 139 Å². The van der Waals surface area contributed by atoms with Crippen molar-refractivity contribution < 1.29 is 9.90 Å². The topological polar surface area (TPSA) is 49.3 Å². The first kappa shape index (κ1) is 14.3. The van der Waals surface area contributed by atoms with Crippen molar-refractivity contribution in [2.24, 2.45) is 5.92 Å². The average Bonchev–Trinajstić information content (AvgIpc) is 3.04. The van der Waals surface area contributed by atoms with Crippen LogP contribution in [0.1, 0.15) is 39.9 Å². The molecule has 1 heterocycles. The number of benzene rings is 2. The van der Waals surface area contributed by atoms with E-state index in [1.807, 2.05) is 30.3 Å². The highest BCUT2D eigenvalue weighted by Gasteiger charge is 2.37. The molecule has 1 aliphatic carbocycles. The van der Waals surface area contributed by atoms with E-state index in [0.717, 1.165) is 22.7 Å². The first-order chi connectivity index (χ1) is 11.1. The Bertz CT molecular complexity index is 798. The predicted molar refractivity (Wildman–Crippen MR) is 91.2 cm³/mol. The molecule has 0 fully saturated rings. The summed E-state index contributed by atoms with van der Waals surface area (Å²) in [6.07, 6.45) is 5.50. The van der Waals surface area contributed by atoms with Gasteiger partial charge in [-0.1, -0.05) is 35.9 Å². The van der Waals surface area contributed by atoms with E-state index in [1.54, 1.807) is 12.1 Å². The molecule has 2 N–H and O–H groups in total. The van der Waals surface area contributed by atoms with Crippen LogP contribution in [0.15, 0.2) is 54.6 Å². The highest BCUT2D eigenvalue weighted by atomic mass is 35.5. The Balaban J connectivity index is 1.73. The molecule has 0 saturated heterocycles. The van der Waals surface area contributed by atoms with Gasteiger partial charge in [-0.2, -0.15) is 0 Å². The van der Waals surface area contributed by atoms with Crippen LogP contribution in [0.3, 0.4) is 0 Å². The third-order valence-electron chi connectivity index (χ3n) is 4.84. The number of carboxylic acids is 1. The third kappa shape index (κ3) is 2.41. The van der Waals surface area contributed by atoms with Crippen molar-refractivity contribution in [3.8, 4) is 0 Å². The Morgan fingerprint density at radius 2 is 1.96 bits per heavy atom. The molecule has 0 spiro atoms. The predicted octanol–water partition coefficient (Wildman–Crippen LogP) is 4.86. The molecule has 2 aromatic rings. The molecule has 0 aromatic heterocycles. The van der Waals surface area contributed by atoms with Gasteiger partial charge in [0.25, 0.3) is 0 Å². The molecular formula is C19H16ClNO2.